The number of esters is 1. The Morgan fingerprint density at radius 1 is 1.33 bits per heavy atom. The van der Waals surface area contributed by atoms with Crippen molar-refractivity contribution in [3.05, 3.63) is 0 Å². The van der Waals surface area contributed by atoms with Gasteiger partial charge in [-0.1, -0.05) is 0 Å². The quantitative estimate of drug-likeness (QED) is 0.398. The van der Waals surface area contributed by atoms with Gasteiger partial charge in [0.25, 0.3) is 0 Å². The summed E-state index contributed by atoms with van der Waals surface area (Å²) < 4.78 is 28.9. The largest absolute Gasteiger partial charge is 0.463 e. The Balaban J connectivity index is 2.38. The topological polar surface area (TPSA) is 60.4 Å². The third kappa shape index (κ3) is 2.81. The second-order valence-electron chi connectivity index (χ2n) is 3.52. The third-order valence-electron chi connectivity index (χ3n) is 2.29. The molecule has 0 aliphatic heterocycles. The number of rotatable bonds is 4. The molecule has 0 N–H and O–H groups in total. The maximum Gasteiger partial charge on any atom is 0.374 e. The molecule has 0 aromatic rings. The molecule has 0 heterocycles. The van der Waals surface area contributed by atoms with Crippen molar-refractivity contribution in [3.63, 3.8) is 0 Å². The van der Waals surface area contributed by atoms with Crippen LogP contribution in [0, 0.1) is 5.92 Å². The van der Waals surface area contributed by atoms with Gasteiger partial charge >= 0.3 is 5.97 Å². The van der Waals surface area contributed by atoms with Crippen molar-refractivity contribution < 1.29 is 27.9 Å². The highest BCUT2D eigenvalue weighted by molar-refractivity contribution is 6.37. The molecular formula is C9H10F2O4. The fraction of sp³-hybridized carbons (Fsp3) is 0.667. The van der Waals surface area contributed by atoms with Crippen LogP contribution in [0.1, 0.15) is 19.3 Å². The highest BCUT2D eigenvalue weighted by Crippen LogP contribution is 2.43. The smallest absolute Gasteiger partial charge is 0.374 e. The van der Waals surface area contributed by atoms with Crippen LogP contribution in [0.25, 0.3) is 0 Å². The second-order valence-corrected chi connectivity index (χ2v) is 3.52. The number of Topliss-reactive ketones (excluding diaryl/α,β-unsaturated/α-hetero) is 2. The third-order valence-corrected chi connectivity index (χ3v) is 2.29. The first kappa shape index (κ1) is 11.7. The number of methoxy groups -OCH3 is 1. The molecule has 0 radical (unpaired) electrons. The van der Waals surface area contributed by atoms with E-state index in [1.54, 1.807) is 0 Å². The molecule has 0 bridgehead atoms. The molecule has 1 aliphatic carbocycles. The molecule has 0 atom stereocenters. The molecule has 15 heavy (non-hydrogen) atoms. The lowest BCUT2D eigenvalue weighted by Crippen LogP contribution is -2.41. The maximum atomic E-state index is 12.4. The van der Waals surface area contributed by atoms with Gasteiger partial charge in [-0.2, -0.15) is 0 Å². The minimum absolute atomic E-state index is 0.527. The van der Waals surface area contributed by atoms with E-state index in [-0.39, 0.29) is 0 Å². The summed E-state index contributed by atoms with van der Waals surface area (Å²) in [5, 5.41) is 0. The average Bonchev–Trinajstić information content (AvgIpc) is 2.12. The predicted molar refractivity (Wildman–Crippen MR) is 44.3 cm³/mol. The first-order valence-electron chi connectivity index (χ1n) is 4.37. The Morgan fingerprint density at radius 3 is 2.27 bits per heavy atom. The number of carbonyl (C=O) groups is 3. The van der Waals surface area contributed by atoms with E-state index in [9.17, 15) is 23.2 Å². The van der Waals surface area contributed by atoms with E-state index >= 15 is 0 Å². The standard InChI is InChI=1S/C9H10F2O4/c1-15-8(14)7(13)2-6(12)5-3-9(10,11)4-5/h5H,2-4H2,1H3. The monoisotopic (exact) mass is 220 g/mol. The number of hydrogen-bond acceptors (Lipinski definition) is 4. The van der Waals surface area contributed by atoms with Crippen LogP contribution in [-0.2, 0) is 19.1 Å². The van der Waals surface area contributed by atoms with Gasteiger partial charge in [-0.3, -0.25) is 9.59 Å². The fourth-order valence-corrected chi connectivity index (χ4v) is 1.38. The summed E-state index contributed by atoms with van der Waals surface area (Å²) in [6, 6.07) is 0. The molecular weight excluding hydrogens is 210 g/mol. The molecule has 0 saturated heterocycles. The summed E-state index contributed by atoms with van der Waals surface area (Å²) in [5.74, 6) is -6.31. The van der Waals surface area contributed by atoms with E-state index in [0.717, 1.165) is 7.11 Å². The van der Waals surface area contributed by atoms with Gasteiger partial charge in [0.05, 0.1) is 13.5 Å². The second kappa shape index (κ2) is 4.04. The van der Waals surface area contributed by atoms with Crippen molar-refractivity contribution in [2.45, 2.75) is 25.2 Å². The summed E-state index contributed by atoms with van der Waals surface area (Å²) in [4.78, 5) is 32.7. The summed E-state index contributed by atoms with van der Waals surface area (Å²) >= 11 is 0. The lowest BCUT2D eigenvalue weighted by atomic mass is 9.77. The van der Waals surface area contributed by atoms with Crippen molar-refractivity contribution in [1.29, 1.82) is 0 Å². The number of halogens is 2. The van der Waals surface area contributed by atoms with E-state index in [4.69, 9.17) is 0 Å². The minimum atomic E-state index is -2.80. The van der Waals surface area contributed by atoms with Gasteiger partial charge in [-0.15, -0.1) is 0 Å². The molecule has 84 valence electrons. The van der Waals surface area contributed by atoms with Crippen molar-refractivity contribution in [1.82, 2.24) is 0 Å². The molecule has 1 saturated carbocycles. The maximum absolute atomic E-state index is 12.4. The van der Waals surface area contributed by atoms with E-state index in [1.807, 2.05) is 0 Å². The molecule has 1 fully saturated rings. The summed E-state index contributed by atoms with van der Waals surface area (Å²) in [5.41, 5.74) is 0. The Morgan fingerprint density at radius 2 is 1.87 bits per heavy atom. The van der Waals surface area contributed by atoms with Crippen molar-refractivity contribution in [2.24, 2.45) is 5.92 Å². The molecule has 1 rings (SSSR count). The Labute approximate surface area is 84.6 Å². The van der Waals surface area contributed by atoms with Crippen LogP contribution in [0.2, 0.25) is 0 Å². The first-order chi connectivity index (χ1) is 6.85. The predicted octanol–water partition coefficient (Wildman–Crippen LogP) is 0.733. The van der Waals surface area contributed by atoms with Crippen molar-refractivity contribution in [3.8, 4) is 0 Å². The lowest BCUT2D eigenvalue weighted by molar-refractivity contribution is -0.156. The number of carbonyl (C=O) groups excluding carboxylic acids is 3. The number of ketones is 2. The number of ether oxygens (including phenoxy) is 1. The Bertz CT molecular complexity index is 303. The van der Waals surface area contributed by atoms with Gasteiger partial charge in [-0.05, 0) is 0 Å². The van der Waals surface area contributed by atoms with Crippen LogP contribution in [-0.4, -0.2) is 30.6 Å². The Hall–Kier alpha value is -1.33. The summed E-state index contributed by atoms with van der Waals surface area (Å²) in [6.07, 6.45) is -1.70. The molecule has 0 amide bonds. The highest BCUT2D eigenvalue weighted by atomic mass is 19.3. The van der Waals surface area contributed by atoms with Gasteiger partial charge < -0.3 is 4.74 Å². The average molecular weight is 220 g/mol. The van der Waals surface area contributed by atoms with E-state index < -0.39 is 48.6 Å². The zero-order valence-electron chi connectivity index (χ0n) is 8.09. The van der Waals surface area contributed by atoms with E-state index in [0.29, 0.717) is 0 Å². The van der Waals surface area contributed by atoms with Crippen molar-refractivity contribution >= 4 is 17.5 Å². The van der Waals surface area contributed by atoms with Gasteiger partial charge in [0.1, 0.15) is 5.78 Å². The van der Waals surface area contributed by atoms with Crippen LogP contribution in [0.15, 0.2) is 0 Å². The zero-order valence-corrected chi connectivity index (χ0v) is 8.09. The Kier molecular flexibility index (Phi) is 3.16. The SMILES string of the molecule is COC(=O)C(=O)CC(=O)C1CC(F)(F)C1. The lowest BCUT2D eigenvalue weighted by Gasteiger charge is -2.33. The first-order valence-corrected chi connectivity index (χ1v) is 4.37. The molecule has 0 unspecified atom stereocenters. The number of hydrogen-bond donors (Lipinski definition) is 0. The molecule has 1 aliphatic rings. The summed E-state index contributed by atoms with van der Waals surface area (Å²) in [6.45, 7) is 0. The van der Waals surface area contributed by atoms with Crippen LogP contribution in [0.3, 0.4) is 0 Å². The molecule has 0 spiro atoms. The van der Waals surface area contributed by atoms with Crippen LogP contribution >= 0.6 is 0 Å². The minimum Gasteiger partial charge on any atom is -0.463 e. The van der Waals surface area contributed by atoms with Crippen molar-refractivity contribution in [2.75, 3.05) is 7.11 Å². The van der Waals surface area contributed by atoms with Gasteiger partial charge in [0.15, 0.2) is 0 Å². The molecule has 0 aromatic carbocycles. The number of alkyl halides is 2. The zero-order chi connectivity index (χ0) is 11.6. The van der Waals surface area contributed by atoms with Crippen LogP contribution < -0.4 is 0 Å². The summed E-state index contributed by atoms with van der Waals surface area (Å²) in [7, 11) is 1.02. The van der Waals surface area contributed by atoms with Crippen LogP contribution in [0.4, 0.5) is 8.78 Å². The van der Waals surface area contributed by atoms with E-state index in [1.165, 1.54) is 0 Å². The normalized spacial score (nSPS) is 19.1. The highest BCUT2D eigenvalue weighted by Gasteiger charge is 2.48. The fourth-order valence-electron chi connectivity index (χ4n) is 1.38. The molecule has 0 aromatic heterocycles. The van der Waals surface area contributed by atoms with Gasteiger partial charge in [-0.25, -0.2) is 13.6 Å². The van der Waals surface area contributed by atoms with Gasteiger partial charge in [0, 0.05) is 18.8 Å². The molecule has 6 heteroatoms. The van der Waals surface area contributed by atoms with Gasteiger partial charge in [0.2, 0.25) is 11.7 Å². The van der Waals surface area contributed by atoms with Crippen LogP contribution in [0.5, 0.6) is 0 Å². The molecule has 4 nitrogen and oxygen atoms in total. The van der Waals surface area contributed by atoms with E-state index in [2.05, 4.69) is 4.74 Å².